The van der Waals surface area contributed by atoms with Gasteiger partial charge >= 0.3 is 0 Å². The normalized spacial score (nSPS) is 14.0. The lowest BCUT2D eigenvalue weighted by Gasteiger charge is -2.27. The van der Waals surface area contributed by atoms with E-state index in [-0.39, 0.29) is 21.7 Å². The van der Waals surface area contributed by atoms with Gasteiger partial charge in [-0.2, -0.15) is 0 Å². The van der Waals surface area contributed by atoms with Crippen LogP contribution < -0.4 is 9.46 Å². The molecule has 2 heterocycles. The molecular weight excluding hydrogens is 508 g/mol. The van der Waals surface area contributed by atoms with E-state index in [9.17, 15) is 17.2 Å². The minimum atomic E-state index is -4.23. The number of aromatic nitrogens is 2. The number of fused-ring (bicyclic) bond motifs is 1. The molecule has 0 unspecified atom stereocenters. The fourth-order valence-corrected chi connectivity index (χ4v) is 6.48. The fourth-order valence-electron chi connectivity index (χ4n) is 5.02. The van der Waals surface area contributed by atoms with Crippen LogP contribution >= 0.6 is 0 Å². The summed E-state index contributed by atoms with van der Waals surface area (Å²) in [5.41, 5.74) is 3.09. The van der Waals surface area contributed by atoms with Gasteiger partial charge in [0, 0.05) is 35.2 Å². The molecule has 9 heteroatoms. The number of nitrogens with one attached hydrogen (secondary N) is 1. The first-order valence-corrected chi connectivity index (χ1v) is 14.4. The molecule has 1 fully saturated rings. The lowest BCUT2D eigenvalue weighted by Crippen LogP contribution is -2.19. The summed E-state index contributed by atoms with van der Waals surface area (Å²) in [5, 5.41) is 0.801. The second-order valence-electron chi connectivity index (χ2n) is 9.71. The van der Waals surface area contributed by atoms with Crippen LogP contribution in [0.1, 0.15) is 48.6 Å². The molecule has 0 saturated heterocycles. The van der Waals surface area contributed by atoms with Crippen molar-refractivity contribution in [2.75, 3.05) is 11.3 Å². The Labute approximate surface area is 221 Å². The van der Waals surface area contributed by atoms with E-state index in [1.54, 1.807) is 6.07 Å². The third-order valence-corrected chi connectivity index (χ3v) is 8.66. The number of halogens is 2. The van der Waals surface area contributed by atoms with Crippen LogP contribution in [0.3, 0.4) is 0 Å². The number of hydrogen-bond donors (Lipinski definition) is 1. The average Bonchev–Trinajstić information content (AvgIpc) is 3.22. The lowest BCUT2D eigenvalue weighted by molar-refractivity contribution is 0.277. The summed E-state index contributed by atoms with van der Waals surface area (Å²) in [5.74, 6) is 1.43. The summed E-state index contributed by atoms with van der Waals surface area (Å²) >= 11 is 0. The van der Waals surface area contributed by atoms with Crippen molar-refractivity contribution in [2.24, 2.45) is 5.92 Å². The van der Waals surface area contributed by atoms with Crippen molar-refractivity contribution >= 4 is 26.7 Å². The molecule has 1 N–H and O–H groups in total. The predicted octanol–water partition coefficient (Wildman–Crippen LogP) is 6.57. The summed E-state index contributed by atoms with van der Waals surface area (Å²) in [7, 11) is -4.23. The molecule has 1 aliphatic rings. The zero-order valence-electron chi connectivity index (χ0n) is 21.3. The largest absolute Gasteiger partial charge is 0.494 e. The minimum absolute atomic E-state index is 0.0778. The van der Waals surface area contributed by atoms with E-state index in [2.05, 4.69) is 14.3 Å². The van der Waals surface area contributed by atoms with Gasteiger partial charge in [0.25, 0.3) is 10.0 Å². The molecule has 0 spiro atoms. The zero-order chi connectivity index (χ0) is 26.7. The molecule has 0 radical (unpaired) electrons. The van der Waals surface area contributed by atoms with Gasteiger partial charge in [-0.05, 0) is 55.5 Å². The number of benzene rings is 2. The Hall–Kier alpha value is -3.46. The number of alkyl halides is 2. The average molecular weight is 540 g/mol. The zero-order valence-corrected chi connectivity index (χ0v) is 22.1. The van der Waals surface area contributed by atoms with Crippen molar-refractivity contribution in [3.8, 4) is 5.75 Å². The summed E-state index contributed by atoms with van der Waals surface area (Å²) in [6.07, 6.45) is 5.76. The molecule has 0 atom stereocenters. The van der Waals surface area contributed by atoms with E-state index in [1.807, 2.05) is 37.3 Å². The van der Waals surface area contributed by atoms with Gasteiger partial charge < -0.3 is 9.30 Å². The topological polar surface area (TPSA) is 73.2 Å². The SMILES string of the molecule is CCOc1ccc(Cc2cc3cc(NS(=O)(=O)c4c(CF)cccc4CF)cnc3n2CC2CCC2)cc1. The van der Waals surface area contributed by atoms with Crippen LogP contribution in [0.25, 0.3) is 11.0 Å². The van der Waals surface area contributed by atoms with Gasteiger partial charge in [0.15, 0.2) is 0 Å². The van der Waals surface area contributed by atoms with Gasteiger partial charge in [-0.15, -0.1) is 0 Å². The van der Waals surface area contributed by atoms with Crippen LogP contribution in [0.4, 0.5) is 14.5 Å². The van der Waals surface area contributed by atoms with Crippen LogP contribution in [-0.2, 0) is 36.3 Å². The Morgan fingerprint density at radius 3 is 2.37 bits per heavy atom. The van der Waals surface area contributed by atoms with Gasteiger partial charge in [0.1, 0.15) is 24.7 Å². The van der Waals surface area contributed by atoms with Gasteiger partial charge in [0.2, 0.25) is 0 Å². The Balaban J connectivity index is 1.48. The first kappa shape index (κ1) is 26.2. The third-order valence-electron chi connectivity index (χ3n) is 7.09. The van der Waals surface area contributed by atoms with Crippen molar-refractivity contribution in [3.05, 3.63) is 83.2 Å². The standard InChI is InChI=1S/C29H31F2N3O3S/c1-2-37-27-11-9-20(10-12-27)13-26-15-24-14-25(18-32-29(24)34(26)19-21-5-3-6-21)33-38(35,36)28-22(16-30)7-4-8-23(28)17-31/h4,7-12,14-15,18,21,33H,2-3,5-6,13,16-17,19H2,1H3. The molecular formula is C29H31F2N3O3S. The maximum atomic E-state index is 13.6. The van der Waals surface area contributed by atoms with Crippen molar-refractivity contribution < 1.29 is 21.9 Å². The van der Waals surface area contributed by atoms with Crippen LogP contribution in [0.5, 0.6) is 5.75 Å². The Morgan fingerprint density at radius 1 is 1.05 bits per heavy atom. The molecule has 0 amide bonds. The van der Waals surface area contributed by atoms with E-state index >= 15 is 0 Å². The first-order chi connectivity index (χ1) is 18.4. The fraction of sp³-hybridized carbons (Fsp3) is 0.345. The second-order valence-corrected chi connectivity index (χ2v) is 11.3. The van der Waals surface area contributed by atoms with Gasteiger partial charge in [-0.3, -0.25) is 4.72 Å². The number of ether oxygens (including phenoxy) is 1. The predicted molar refractivity (Wildman–Crippen MR) is 144 cm³/mol. The van der Waals surface area contributed by atoms with Gasteiger partial charge in [0.05, 0.1) is 23.4 Å². The molecule has 1 aliphatic carbocycles. The van der Waals surface area contributed by atoms with Crippen LogP contribution in [0.2, 0.25) is 0 Å². The van der Waals surface area contributed by atoms with E-state index in [1.165, 1.54) is 43.7 Å². The lowest BCUT2D eigenvalue weighted by atomic mass is 9.85. The van der Waals surface area contributed by atoms with Crippen LogP contribution in [0, 0.1) is 5.92 Å². The summed E-state index contributed by atoms with van der Waals surface area (Å²) in [6.45, 7) is 1.40. The van der Waals surface area contributed by atoms with Crippen molar-refractivity contribution in [1.29, 1.82) is 0 Å². The van der Waals surface area contributed by atoms with Crippen molar-refractivity contribution in [2.45, 2.75) is 57.4 Å². The van der Waals surface area contributed by atoms with Crippen LogP contribution in [-0.4, -0.2) is 24.6 Å². The summed E-state index contributed by atoms with van der Waals surface area (Å²) in [4.78, 5) is 4.27. The number of anilines is 1. The molecule has 6 nitrogen and oxygen atoms in total. The highest BCUT2D eigenvalue weighted by Crippen LogP contribution is 2.32. The first-order valence-electron chi connectivity index (χ1n) is 12.9. The van der Waals surface area contributed by atoms with Gasteiger partial charge in [-0.25, -0.2) is 22.2 Å². The van der Waals surface area contributed by atoms with E-state index in [0.717, 1.165) is 34.6 Å². The quantitative estimate of drug-likeness (QED) is 0.234. The highest BCUT2D eigenvalue weighted by atomic mass is 32.2. The molecule has 0 aliphatic heterocycles. The highest BCUT2D eigenvalue weighted by molar-refractivity contribution is 7.92. The van der Waals surface area contributed by atoms with Crippen molar-refractivity contribution in [1.82, 2.24) is 9.55 Å². The smallest absolute Gasteiger partial charge is 0.262 e. The number of rotatable bonds is 11. The molecule has 38 heavy (non-hydrogen) atoms. The van der Waals surface area contributed by atoms with Crippen molar-refractivity contribution in [3.63, 3.8) is 0 Å². The molecule has 2 aromatic heterocycles. The molecule has 200 valence electrons. The summed E-state index contributed by atoms with van der Waals surface area (Å²) < 4.78 is 63.8. The molecule has 0 bridgehead atoms. The molecule has 5 rings (SSSR count). The minimum Gasteiger partial charge on any atom is -0.494 e. The van der Waals surface area contributed by atoms with E-state index in [4.69, 9.17) is 4.74 Å². The maximum Gasteiger partial charge on any atom is 0.262 e. The Bertz CT molecular complexity index is 1510. The third kappa shape index (κ3) is 5.38. The molecule has 1 saturated carbocycles. The maximum absolute atomic E-state index is 13.6. The van der Waals surface area contributed by atoms with Crippen LogP contribution in [0.15, 0.2) is 65.7 Å². The summed E-state index contributed by atoms with van der Waals surface area (Å²) in [6, 6.07) is 15.9. The molecule has 2 aromatic carbocycles. The number of nitrogens with zero attached hydrogens (tertiary/aromatic N) is 2. The molecule has 4 aromatic rings. The van der Waals surface area contributed by atoms with E-state index in [0.29, 0.717) is 18.9 Å². The van der Waals surface area contributed by atoms with Gasteiger partial charge in [-0.1, -0.05) is 36.8 Å². The Morgan fingerprint density at radius 2 is 1.76 bits per heavy atom. The second kappa shape index (κ2) is 11.1. The van der Waals surface area contributed by atoms with E-state index < -0.39 is 23.4 Å². The number of pyridine rings is 1. The highest BCUT2D eigenvalue weighted by Gasteiger charge is 2.24. The number of sulfonamides is 1. The monoisotopic (exact) mass is 539 g/mol. The Kier molecular flexibility index (Phi) is 7.65. The number of hydrogen-bond acceptors (Lipinski definition) is 4.